The Bertz CT molecular complexity index is 997. The molecular formula is C17H13F2N5S. The summed E-state index contributed by atoms with van der Waals surface area (Å²) >= 11 is 1.22. The van der Waals surface area contributed by atoms with E-state index < -0.39 is 6.55 Å². The van der Waals surface area contributed by atoms with Crippen LogP contribution in [0.4, 0.5) is 8.78 Å². The van der Waals surface area contributed by atoms with Gasteiger partial charge in [-0.3, -0.25) is 4.57 Å². The summed E-state index contributed by atoms with van der Waals surface area (Å²) in [6.07, 6.45) is 1.63. The van der Waals surface area contributed by atoms with Crippen LogP contribution in [0.3, 0.4) is 0 Å². The molecule has 2 aromatic carbocycles. The minimum atomic E-state index is -2.64. The van der Waals surface area contributed by atoms with Crippen LogP contribution in [0.15, 0.2) is 66.0 Å². The predicted molar refractivity (Wildman–Crippen MR) is 91.9 cm³/mol. The van der Waals surface area contributed by atoms with Crippen molar-refractivity contribution < 1.29 is 8.78 Å². The van der Waals surface area contributed by atoms with Gasteiger partial charge in [0.15, 0.2) is 5.16 Å². The summed E-state index contributed by atoms with van der Waals surface area (Å²) in [5.41, 5.74) is 2.52. The first kappa shape index (κ1) is 15.8. The van der Waals surface area contributed by atoms with E-state index in [2.05, 4.69) is 15.2 Å². The zero-order valence-corrected chi connectivity index (χ0v) is 13.8. The third-order valence-electron chi connectivity index (χ3n) is 3.63. The number of hydrogen-bond acceptors (Lipinski definition) is 4. The molecule has 0 saturated carbocycles. The van der Waals surface area contributed by atoms with Crippen LogP contribution in [0.25, 0.3) is 16.7 Å². The molecular weight excluding hydrogens is 344 g/mol. The van der Waals surface area contributed by atoms with Gasteiger partial charge in [-0.15, -0.1) is 0 Å². The topological polar surface area (TPSA) is 48.5 Å². The molecule has 0 aliphatic heterocycles. The summed E-state index contributed by atoms with van der Waals surface area (Å²) in [4.78, 5) is 5.82. The van der Waals surface area contributed by atoms with Crippen molar-refractivity contribution in [1.82, 2.24) is 24.5 Å². The van der Waals surface area contributed by atoms with Crippen LogP contribution < -0.4 is 0 Å². The SMILES string of the molecule is FC(F)n1c(SCc2cnn(-c3ccccc3)n2)nc2ccccc21. The first-order chi connectivity index (χ1) is 12.2. The van der Waals surface area contributed by atoms with Crippen molar-refractivity contribution in [2.45, 2.75) is 17.5 Å². The monoisotopic (exact) mass is 357 g/mol. The molecule has 25 heavy (non-hydrogen) atoms. The molecule has 4 aromatic rings. The number of imidazole rings is 1. The van der Waals surface area contributed by atoms with Crippen LogP contribution in [-0.4, -0.2) is 24.5 Å². The van der Waals surface area contributed by atoms with E-state index in [-0.39, 0.29) is 5.16 Å². The summed E-state index contributed by atoms with van der Waals surface area (Å²) in [5, 5.41) is 8.87. The Hall–Kier alpha value is -2.74. The van der Waals surface area contributed by atoms with Crippen LogP contribution >= 0.6 is 11.8 Å². The van der Waals surface area contributed by atoms with Crippen LogP contribution in [0.1, 0.15) is 12.2 Å². The van der Waals surface area contributed by atoms with Gasteiger partial charge in [-0.2, -0.15) is 23.8 Å². The second-order valence-electron chi connectivity index (χ2n) is 5.28. The summed E-state index contributed by atoms with van der Waals surface area (Å²) < 4.78 is 27.8. The van der Waals surface area contributed by atoms with E-state index in [0.717, 1.165) is 10.3 Å². The van der Waals surface area contributed by atoms with Crippen molar-refractivity contribution in [2.24, 2.45) is 0 Å². The number of aromatic nitrogens is 5. The summed E-state index contributed by atoms with van der Waals surface area (Å²) in [6, 6.07) is 16.4. The van der Waals surface area contributed by atoms with Crippen molar-refractivity contribution in [3.63, 3.8) is 0 Å². The molecule has 0 unspecified atom stereocenters. The van der Waals surface area contributed by atoms with Gasteiger partial charge in [-0.05, 0) is 24.3 Å². The van der Waals surface area contributed by atoms with Gasteiger partial charge in [0.05, 0.1) is 28.6 Å². The van der Waals surface area contributed by atoms with Crippen molar-refractivity contribution in [2.75, 3.05) is 0 Å². The van der Waals surface area contributed by atoms with E-state index in [1.165, 1.54) is 16.6 Å². The van der Waals surface area contributed by atoms with Crippen LogP contribution in [0, 0.1) is 0 Å². The molecule has 5 nitrogen and oxygen atoms in total. The normalized spacial score (nSPS) is 11.5. The predicted octanol–water partition coefficient (Wildman–Crippen LogP) is 4.30. The fraction of sp³-hybridized carbons (Fsp3) is 0.118. The van der Waals surface area contributed by atoms with Crippen LogP contribution in [0.5, 0.6) is 0 Å². The third-order valence-corrected chi connectivity index (χ3v) is 4.62. The first-order valence-electron chi connectivity index (χ1n) is 7.57. The van der Waals surface area contributed by atoms with Gasteiger partial charge < -0.3 is 0 Å². The highest BCUT2D eigenvalue weighted by molar-refractivity contribution is 7.98. The second kappa shape index (κ2) is 6.64. The first-order valence-corrected chi connectivity index (χ1v) is 8.55. The van der Waals surface area contributed by atoms with E-state index in [1.54, 1.807) is 30.5 Å². The van der Waals surface area contributed by atoms with Crippen molar-refractivity contribution in [1.29, 1.82) is 0 Å². The quantitative estimate of drug-likeness (QED) is 0.500. The molecule has 0 bridgehead atoms. The second-order valence-corrected chi connectivity index (χ2v) is 6.22. The molecule has 0 aliphatic carbocycles. The highest BCUT2D eigenvalue weighted by Crippen LogP contribution is 2.30. The number of thioether (sulfide) groups is 1. The van der Waals surface area contributed by atoms with Crippen molar-refractivity contribution in [3.8, 4) is 5.69 Å². The molecule has 0 saturated heterocycles. The van der Waals surface area contributed by atoms with Gasteiger partial charge in [0, 0.05) is 5.75 Å². The highest BCUT2D eigenvalue weighted by atomic mass is 32.2. The zero-order valence-electron chi connectivity index (χ0n) is 13.0. The van der Waals surface area contributed by atoms with E-state index in [0.29, 0.717) is 22.5 Å². The van der Waals surface area contributed by atoms with Gasteiger partial charge in [0.2, 0.25) is 0 Å². The minimum absolute atomic E-state index is 0.269. The fourth-order valence-corrected chi connectivity index (χ4v) is 3.39. The summed E-state index contributed by atoms with van der Waals surface area (Å²) in [5.74, 6) is 0.406. The van der Waals surface area contributed by atoms with Gasteiger partial charge >= 0.3 is 6.55 Å². The molecule has 0 amide bonds. The number of fused-ring (bicyclic) bond motifs is 1. The number of halogens is 2. The number of rotatable bonds is 5. The van der Waals surface area contributed by atoms with Gasteiger partial charge in [-0.1, -0.05) is 42.1 Å². The lowest BCUT2D eigenvalue weighted by Crippen LogP contribution is -2.00. The highest BCUT2D eigenvalue weighted by Gasteiger charge is 2.18. The van der Waals surface area contributed by atoms with E-state index in [9.17, 15) is 8.78 Å². The lowest BCUT2D eigenvalue weighted by molar-refractivity contribution is 0.0656. The smallest absolute Gasteiger partial charge is 0.261 e. The van der Waals surface area contributed by atoms with Crippen molar-refractivity contribution in [3.05, 3.63) is 66.5 Å². The average molecular weight is 357 g/mol. The van der Waals surface area contributed by atoms with E-state index in [1.807, 2.05) is 30.3 Å². The molecule has 2 heterocycles. The Kier molecular flexibility index (Phi) is 4.19. The molecule has 0 atom stereocenters. The standard InChI is InChI=1S/C17H13F2N5S/c18-16(19)23-15-9-5-4-8-14(15)21-17(23)25-11-12-10-20-24(22-12)13-6-2-1-3-7-13/h1-10,16H,11H2. The number of nitrogens with zero attached hydrogens (tertiary/aromatic N) is 5. The van der Waals surface area contributed by atoms with Gasteiger partial charge in [-0.25, -0.2) is 4.98 Å². The molecule has 4 rings (SSSR count). The van der Waals surface area contributed by atoms with Gasteiger partial charge in [0.25, 0.3) is 0 Å². The molecule has 126 valence electrons. The Labute approximate surface area is 146 Å². The zero-order chi connectivity index (χ0) is 17.2. The third kappa shape index (κ3) is 3.12. The molecule has 2 aromatic heterocycles. The fourth-order valence-electron chi connectivity index (χ4n) is 2.50. The van der Waals surface area contributed by atoms with Gasteiger partial charge in [0.1, 0.15) is 0 Å². The average Bonchev–Trinajstić information content (AvgIpc) is 3.25. The molecule has 0 N–H and O–H groups in total. The largest absolute Gasteiger partial charge is 0.321 e. The minimum Gasteiger partial charge on any atom is -0.261 e. The van der Waals surface area contributed by atoms with Crippen LogP contribution in [0.2, 0.25) is 0 Å². The van der Waals surface area contributed by atoms with E-state index >= 15 is 0 Å². The molecule has 0 aliphatic rings. The van der Waals surface area contributed by atoms with Crippen molar-refractivity contribution >= 4 is 22.8 Å². The Morgan fingerprint density at radius 1 is 1.00 bits per heavy atom. The number of hydrogen-bond donors (Lipinski definition) is 0. The molecule has 0 spiro atoms. The Morgan fingerprint density at radius 3 is 2.56 bits per heavy atom. The molecule has 8 heteroatoms. The maximum Gasteiger partial charge on any atom is 0.321 e. The molecule has 0 radical (unpaired) electrons. The Morgan fingerprint density at radius 2 is 1.76 bits per heavy atom. The van der Waals surface area contributed by atoms with E-state index in [4.69, 9.17) is 0 Å². The maximum absolute atomic E-state index is 13.4. The lowest BCUT2D eigenvalue weighted by Gasteiger charge is -2.06. The lowest BCUT2D eigenvalue weighted by atomic mass is 10.3. The number of benzene rings is 2. The van der Waals surface area contributed by atoms with Crippen LogP contribution in [-0.2, 0) is 5.75 Å². The molecule has 0 fully saturated rings. The summed E-state index contributed by atoms with van der Waals surface area (Å²) in [7, 11) is 0. The number of para-hydroxylation sites is 3. The maximum atomic E-state index is 13.4. The number of alkyl halides is 2. The summed E-state index contributed by atoms with van der Waals surface area (Å²) in [6.45, 7) is -2.64. The Balaban J connectivity index is 1.57.